The molecule has 2 atom stereocenters. The second-order valence-electron chi connectivity index (χ2n) is 3.13. The van der Waals surface area contributed by atoms with E-state index in [4.69, 9.17) is 9.84 Å². The number of aliphatic hydroxyl groups excluding tert-OH is 1. The molecule has 0 aromatic carbocycles. The van der Waals surface area contributed by atoms with Crippen molar-refractivity contribution < 1.29 is 9.84 Å². The standard InChI is InChI=1S/C8H18O2/c1-6(2)8(4)10-5-7(3)9/h6-9H,5H2,1-4H3/t7-,8?/m1/s1. The molecular weight excluding hydrogens is 128 g/mol. The van der Waals surface area contributed by atoms with Crippen molar-refractivity contribution in [3.8, 4) is 0 Å². The van der Waals surface area contributed by atoms with Crippen LogP contribution < -0.4 is 0 Å². The number of aliphatic hydroxyl groups is 1. The molecule has 0 aromatic rings. The second kappa shape index (κ2) is 4.69. The molecule has 0 amide bonds. The minimum atomic E-state index is -0.346. The van der Waals surface area contributed by atoms with Gasteiger partial charge in [0.05, 0.1) is 18.8 Å². The molecule has 0 spiro atoms. The fourth-order valence-electron chi connectivity index (χ4n) is 0.483. The van der Waals surface area contributed by atoms with Crippen LogP contribution in [-0.4, -0.2) is 23.9 Å². The first-order valence-electron chi connectivity index (χ1n) is 3.83. The van der Waals surface area contributed by atoms with Gasteiger partial charge in [0.25, 0.3) is 0 Å². The summed E-state index contributed by atoms with van der Waals surface area (Å²) in [5.41, 5.74) is 0. The lowest BCUT2D eigenvalue weighted by Crippen LogP contribution is -2.21. The Morgan fingerprint density at radius 2 is 1.70 bits per heavy atom. The van der Waals surface area contributed by atoms with Crippen molar-refractivity contribution in [2.24, 2.45) is 5.92 Å². The zero-order valence-corrected chi connectivity index (χ0v) is 7.29. The molecule has 0 saturated carbocycles. The second-order valence-corrected chi connectivity index (χ2v) is 3.13. The summed E-state index contributed by atoms with van der Waals surface area (Å²) in [6, 6.07) is 0. The van der Waals surface area contributed by atoms with Gasteiger partial charge in [-0.25, -0.2) is 0 Å². The third-order valence-corrected chi connectivity index (χ3v) is 1.54. The summed E-state index contributed by atoms with van der Waals surface area (Å²) in [7, 11) is 0. The Labute approximate surface area is 63.2 Å². The molecule has 2 nitrogen and oxygen atoms in total. The van der Waals surface area contributed by atoms with E-state index in [2.05, 4.69) is 13.8 Å². The average Bonchev–Trinajstić information content (AvgIpc) is 1.82. The number of rotatable bonds is 4. The van der Waals surface area contributed by atoms with E-state index in [9.17, 15) is 0 Å². The van der Waals surface area contributed by atoms with E-state index < -0.39 is 0 Å². The topological polar surface area (TPSA) is 29.5 Å². The third kappa shape index (κ3) is 4.77. The van der Waals surface area contributed by atoms with Gasteiger partial charge in [0.2, 0.25) is 0 Å². The normalized spacial score (nSPS) is 17.4. The molecule has 0 rings (SSSR count). The molecule has 1 N–H and O–H groups in total. The Morgan fingerprint density at radius 1 is 1.20 bits per heavy atom. The predicted molar refractivity (Wildman–Crippen MR) is 41.9 cm³/mol. The Morgan fingerprint density at radius 3 is 2.00 bits per heavy atom. The lowest BCUT2D eigenvalue weighted by molar-refractivity contribution is -0.0137. The summed E-state index contributed by atoms with van der Waals surface area (Å²) in [6.45, 7) is 8.40. The molecule has 10 heavy (non-hydrogen) atoms. The van der Waals surface area contributed by atoms with E-state index in [1.54, 1.807) is 6.92 Å². The van der Waals surface area contributed by atoms with Gasteiger partial charge < -0.3 is 9.84 Å². The molecule has 0 aliphatic carbocycles. The first-order valence-corrected chi connectivity index (χ1v) is 3.83. The maximum Gasteiger partial charge on any atom is 0.0745 e. The van der Waals surface area contributed by atoms with Crippen LogP contribution in [-0.2, 0) is 4.74 Å². The van der Waals surface area contributed by atoms with Crippen LogP contribution >= 0.6 is 0 Å². The van der Waals surface area contributed by atoms with Crippen LogP contribution in [0.5, 0.6) is 0 Å². The van der Waals surface area contributed by atoms with Gasteiger partial charge in [-0.05, 0) is 19.8 Å². The minimum Gasteiger partial charge on any atom is -0.391 e. The minimum absolute atomic E-state index is 0.245. The highest BCUT2D eigenvalue weighted by Crippen LogP contribution is 2.04. The molecule has 0 aromatic heterocycles. The van der Waals surface area contributed by atoms with Gasteiger partial charge in [-0.1, -0.05) is 13.8 Å². The maximum absolute atomic E-state index is 8.86. The summed E-state index contributed by atoms with van der Waals surface area (Å²) in [5, 5.41) is 8.86. The average molecular weight is 146 g/mol. The van der Waals surface area contributed by atoms with E-state index in [0.29, 0.717) is 12.5 Å². The molecule has 0 aliphatic heterocycles. The molecule has 0 radical (unpaired) electrons. The first-order chi connectivity index (χ1) is 4.54. The lowest BCUT2D eigenvalue weighted by Gasteiger charge is -2.17. The van der Waals surface area contributed by atoms with Crippen LogP contribution in [0.15, 0.2) is 0 Å². The van der Waals surface area contributed by atoms with Crippen molar-refractivity contribution in [3.05, 3.63) is 0 Å². The summed E-state index contributed by atoms with van der Waals surface area (Å²) >= 11 is 0. The smallest absolute Gasteiger partial charge is 0.0745 e. The Hall–Kier alpha value is -0.0800. The fourth-order valence-corrected chi connectivity index (χ4v) is 0.483. The zero-order chi connectivity index (χ0) is 8.15. The molecule has 2 heteroatoms. The molecule has 0 aliphatic rings. The quantitative estimate of drug-likeness (QED) is 0.650. The van der Waals surface area contributed by atoms with Crippen molar-refractivity contribution in [3.63, 3.8) is 0 Å². The molecule has 0 saturated heterocycles. The van der Waals surface area contributed by atoms with Crippen LogP contribution in [0.2, 0.25) is 0 Å². The van der Waals surface area contributed by atoms with Gasteiger partial charge in [-0.15, -0.1) is 0 Å². The lowest BCUT2D eigenvalue weighted by atomic mass is 10.1. The third-order valence-electron chi connectivity index (χ3n) is 1.54. The van der Waals surface area contributed by atoms with E-state index in [-0.39, 0.29) is 12.2 Å². The molecular formula is C8H18O2. The number of hydrogen-bond acceptors (Lipinski definition) is 2. The van der Waals surface area contributed by atoms with Crippen LogP contribution in [0.4, 0.5) is 0 Å². The van der Waals surface area contributed by atoms with Gasteiger partial charge in [-0.2, -0.15) is 0 Å². The molecule has 62 valence electrons. The maximum atomic E-state index is 8.86. The zero-order valence-electron chi connectivity index (χ0n) is 7.29. The largest absolute Gasteiger partial charge is 0.391 e. The van der Waals surface area contributed by atoms with Gasteiger partial charge in [0.1, 0.15) is 0 Å². The SMILES string of the molecule is CC(C)C(C)OC[C@@H](C)O. The first kappa shape index (κ1) is 9.92. The Balaban J connectivity index is 3.30. The van der Waals surface area contributed by atoms with Crippen molar-refractivity contribution in [2.45, 2.75) is 39.9 Å². The predicted octanol–water partition coefficient (Wildman–Crippen LogP) is 1.43. The summed E-state index contributed by atoms with van der Waals surface area (Å²) < 4.78 is 5.31. The monoisotopic (exact) mass is 146 g/mol. The molecule has 1 unspecified atom stereocenters. The van der Waals surface area contributed by atoms with Crippen LogP contribution in [0.25, 0.3) is 0 Å². The fraction of sp³-hybridized carbons (Fsp3) is 1.00. The van der Waals surface area contributed by atoms with E-state index in [0.717, 1.165) is 0 Å². The highest BCUT2D eigenvalue weighted by Gasteiger charge is 2.07. The van der Waals surface area contributed by atoms with Gasteiger partial charge in [0.15, 0.2) is 0 Å². The molecule has 0 heterocycles. The number of hydrogen-bond donors (Lipinski definition) is 1. The van der Waals surface area contributed by atoms with E-state index in [1.165, 1.54) is 0 Å². The van der Waals surface area contributed by atoms with Gasteiger partial charge >= 0.3 is 0 Å². The summed E-state index contributed by atoms with van der Waals surface area (Å²) in [4.78, 5) is 0. The highest BCUT2D eigenvalue weighted by atomic mass is 16.5. The van der Waals surface area contributed by atoms with E-state index >= 15 is 0 Å². The molecule has 0 bridgehead atoms. The Bertz CT molecular complexity index is 79.3. The summed E-state index contributed by atoms with van der Waals surface area (Å²) in [6.07, 6.45) is -0.101. The molecule has 0 fully saturated rings. The van der Waals surface area contributed by atoms with E-state index in [1.807, 2.05) is 6.92 Å². The summed E-state index contributed by atoms with van der Waals surface area (Å²) in [5.74, 6) is 0.527. The van der Waals surface area contributed by atoms with Crippen molar-refractivity contribution >= 4 is 0 Å². The van der Waals surface area contributed by atoms with Crippen molar-refractivity contribution in [1.29, 1.82) is 0 Å². The highest BCUT2D eigenvalue weighted by molar-refractivity contribution is 4.55. The van der Waals surface area contributed by atoms with Gasteiger partial charge in [0, 0.05) is 0 Å². The van der Waals surface area contributed by atoms with Crippen molar-refractivity contribution in [1.82, 2.24) is 0 Å². The number of ether oxygens (including phenoxy) is 1. The van der Waals surface area contributed by atoms with Crippen LogP contribution in [0, 0.1) is 5.92 Å². The Kier molecular flexibility index (Phi) is 4.65. The van der Waals surface area contributed by atoms with Gasteiger partial charge in [-0.3, -0.25) is 0 Å². The van der Waals surface area contributed by atoms with Crippen LogP contribution in [0.1, 0.15) is 27.7 Å². The van der Waals surface area contributed by atoms with Crippen molar-refractivity contribution in [2.75, 3.05) is 6.61 Å². The van der Waals surface area contributed by atoms with Crippen LogP contribution in [0.3, 0.4) is 0 Å².